The second kappa shape index (κ2) is 7.87. The lowest BCUT2D eigenvalue weighted by atomic mass is 10.0. The lowest BCUT2D eigenvalue weighted by Gasteiger charge is -2.20. The summed E-state index contributed by atoms with van der Waals surface area (Å²) in [7, 11) is 1.62. The second-order valence-electron chi connectivity index (χ2n) is 6.13. The van der Waals surface area contributed by atoms with Crippen molar-refractivity contribution in [1.82, 2.24) is 4.57 Å². The highest BCUT2D eigenvalue weighted by molar-refractivity contribution is 5.92. The minimum Gasteiger partial charge on any atom is -0.497 e. The molecule has 0 saturated heterocycles. The Bertz CT molecular complexity index is 874. The van der Waals surface area contributed by atoms with Crippen molar-refractivity contribution >= 4 is 11.6 Å². The zero-order valence-electron chi connectivity index (χ0n) is 14.8. The summed E-state index contributed by atoms with van der Waals surface area (Å²) in [4.78, 5) is 12.6. The van der Waals surface area contributed by atoms with Gasteiger partial charge < -0.3 is 14.6 Å². The van der Waals surface area contributed by atoms with Gasteiger partial charge in [-0.2, -0.15) is 0 Å². The van der Waals surface area contributed by atoms with Crippen molar-refractivity contribution in [3.63, 3.8) is 0 Å². The molecule has 0 radical (unpaired) electrons. The number of ether oxygens (including phenoxy) is 1. The Morgan fingerprint density at radius 3 is 2.46 bits per heavy atom. The number of hydrogen-bond acceptors (Lipinski definition) is 2. The predicted octanol–water partition coefficient (Wildman–Crippen LogP) is 4.56. The quantitative estimate of drug-likeness (QED) is 0.707. The van der Waals surface area contributed by atoms with Crippen molar-refractivity contribution in [1.29, 1.82) is 0 Å². The number of halogens is 1. The zero-order valence-corrected chi connectivity index (χ0v) is 14.8. The molecule has 0 spiro atoms. The van der Waals surface area contributed by atoms with Crippen molar-refractivity contribution in [3.05, 3.63) is 83.9 Å². The summed E-state index contributed by atoms with van der Waals surface area (Å²) in [5.74, 6) is 0.324. The molecule has 4 nitrogen and oxygen atoms in total. The molecule has 0 bridgehead atoms. The number of hydrogen-bond donors (Lipinski definition) is 1. The van der Waals surface area contributed by atoms with Gasteiger partial charge in [0.05, 0.1) is 19.6 Å². The molecule has 1 N–H and O–H groups in total. The van der Waals surface area contributed by atoms with Crippen molar-refractivity contribution in [3.8, 4) is 5.75 Å². The number of aryl methyl sites for hydroxylation is 1. The van der Waals surface area contributed by atoms with E-state index in [9.17, 15) is 9.18 Å². The molecule has 0 saturated carbocycles. The Labute approximate surface area is 152 Å². The highest BCUT2D eigenvalue weighted by Crippen LogP contribution is 2.25. The fourth-order valence-electron chi connectivity index (χ4n) is 2.92. The Balaban J connectivity index is 1.80. The van der Waals surface area contributed by atoms with Crippen LogP contribution in [-0.4, -0.2) is 17.6 Å². The van der Waals surface area contributed by atoms with E-state index in [0.29, 0.717) is 11.3 Å². The Kier molecular flexibility index (Phi) is 5.37. The topological polar surface area (TPSA) is 43.3 Å². The molecule has 134 valence electrons. The fraction of sp³-hybridized carbons (Fsp3) is 0.190. The maximum Gasteiger partial charge on any atom is 0.226 e. The van der Waals surface area contributed by atoms with E-state index in [1.807, 2.05) is 53.4 Å². The standard InChI is InChI=1S/C21H21FN2O2/c1-15-13-17(22)7-10-19(15)23-21(25)14-20(24-11-3-4-12-24)16-5-8-18(26-2)9-6-16/h3-13,20H,14H2,1-2H3,(H,23,25)/t20-/m1/s1. The van der Waals surface area contributed by atoms with Gasteiger partial charge in [-0.15, -0.1) is 0 Å². The van der Waals surface area contributed by atoms with Crippen molar-refractivity contribution < 1.29 is 13.9 Å². The SMILES string of the molecule is COc1ccc([C@@H](CC(=O)Nc2ccc(F)cc2C)n2cccc2)cc1. The molecule has 26 heavy (non-hydrogen) atoms. The molecule has 1 heterocycles. The van der Waals surface area contributed by atoms with Gasteiger partial charge in [-0.05, 0) is 60.5 Å². The van der Waals surface area contributed by atoms with Crippen LogP contribution in [0.4, 0.5) is 10.1 Å². The van der Waals surface area contributed by atoms with Crippen molar-refractivity contribution in [2.75, 3.05) is 12.4 Å². The molecular weight excluding hydrogens is 331 g/mol. The minimum atomic E-state index is -0.316. The van der Waals surface area contributed by atoms with Gasteiger partial charge in [0.25, 0.3) is 0 Å². The van der Waals surface area contributed by atoms with Crippen molar-refractivity contribution in [2.45, 2.75) is 19.4 Å². The molecule has 3 rings (SSSR count). The number of anilines is 1. The summed E-state index contributed by atoms with van der Waals surface area (Å²) < 4.78 is 20.4. The van der Waals surface area contributed by atoms with Gasteiger partial charge in [-0.1, -0.05) is 12.1 Å². The van der Waals surface area contributed by atoms with E-state index in [1.54, 1.807) is 20.1 Å². The number of nitrogens with zero attached hydrogens (tertiary/aromatic N) is 1. The summed E-state index contributed by atoms with van der Waals surface area (Å²) in [6, 6.07) is 15.7. The van der Waals surface area contributed by atoms with Crippen LogP contribution < -0.4 is 10.1 Å². The van der Waals surface area contributed by atoms with E-state index in [1.165, 1.54) is 12.1 Å². The number of benzene rings is 2. The first-order valence-electron chi connectivity index (χ1n) is 8.39. The van der Waals surface area contributed by atoms with Crippen LogP contribution in [0.5, 0.6) is 5.75 Å². The minimum absolute atomic E-state index is 0.130. The summed E-state index contributed by atoms with van der Waals surface area (Å²) in [6.07, 6.45) is 4.13. The van der Waals surface area contributed by atoms with Crippen LogP contribution in [0.15, 0.2) is 67.0 Å². The highest BCUT2D eigenvalue weighted by Gasteiger charge is 2.18. The molecular formula is C21H21FN2O2. The molecule has 1 atom stereocenters. The van der Waals surface area contributed by atoms with E-state index >= 15 is 0 Å². The molecule has 0 fully saturated rings. The number of rotatable bonds is 6. The van der Waals surface area contributed by atoms with Crippen LogP contribution in [0.3, 0.4) is 0 Å². The molecule has 3 aromatic rings. The van der Waals surface area contributed by atoms with Gasteiger partial charge in [0.15, 0.2) is 0 Å². The molecule has 1 amide bonds. The van der Waals surface area contributed by atoms with Gasteiger partial charge >= 0.3 is 0 Å². The van der Waals surface area contributed by atoms with E-state index in [4.69, 9.17) is 4.74 Å². The first-order valence-corrected chi connectivity index (χ1v) is 8.39. The molecule has 5 heteroatoms. The monoisotopic (exact) mass is 352 g/mol. The van der Waals surface area contributed by atoms with Gasteiger partial charge in [0.1, 0.15) is 11.6 Å². The van der Waals surface area contributed by atoms with E-state index in [2.05, 4.69) is 5.32 Å². The van der Waals surface area contributed by atoms with E-state index in [0.717, 1.165) is 11.3 Å². The highest BCUT2D eigenvalue weighted by atomic mass is 19.1. The number of nitrogens with one attached hydrogen (secondary N) is 1. The third-order valence-corrected chi connectivity index (χ3v) is 4.33. The Morgan fingerprint density at radius 1 is 1.15 bits per heavy atom. The molecule has 0 aliphatic heterocycles. The summed E-state index contributed by atoms with van der Waals surface area (Å²) in [6.45, 7) is 1.77. The lowest BCUT2D eigenvalue weighted by molar-refractivity contribution is -0.116. The number of carbonyl (C=O) groups is 1. The van der Waals surface area contributed by atoms with Gasteiger partial charge in [-0.3, -0.25) is 4.79 Å². The number of methoxy groups -OCH3 is 1. The number of carbonyl (C=O) groups excluding carboxylic acids is 1. The lowest BCUT2D eigenvalue weighted by Crippen LogP contribution is -2.20. The average molecular weight is 352 g/mol. The maximum atomic E-state index is 13.2. The van der Waals surface area contributed by atoms with E-state index in [-0.39, 0.29) is 24.2 Å². The van der Waals surface area contributed by atoms with Crippen LogP contribution in [0.2, 0.25) is 0 Å². The zero-order chi connectivity index (χ0) is 18.5. The van der Waals surface area contributed by atoms with Crippen LogP contribution >= 0.6 is 0 Å². The summed E-state index contributed by atoms with van der Waals surface area (Å²) in [5.41, 5.74) is 2.32. The average Bonchev–Trinajstić information content (AvgIpc) is 3.17. The first-order chi connectivity index (χ1) is 12.6. The molecule has 0 aliphatic carbocycles. The predicted molar refractivity (Wildman–Crippen MR) is 99.9 cm³/mol. The normalized spacial score (nSPS) is 11.8. The largest absolute Gasteiger partial charge is 0.497 e. The van der Waals surface area contributed by atoms with E-state index < -0.39 is 0 Å². The Morgan fingerprint density at radius 2 is 1.85 bits per heavy atom. The molecule has 1 aromatic heterocycles. The summed E-state index contributed by atoms with van der Waals surface area (Å²) >= 11 is 0. The van der Waals surface area contributed by atoms with Crippen LogP contribution in [0.25, 0.3) is 0 Å². The molecule has 0 unspecified atom stereocenters. The Hall–Kier alpha value is -3.08. The first kappa shape index (κ1) is 17.7. The smallest absolute Gasteiger partial charge is 0.226 e. The molecule has 2 aromatic carbocycles. The third kappa shape index (κ3) is 4.11. The summed E-state index contributed by atoms with van der Waals surface area (Å²) in [5, 5.41) is 2.88. The number of aromatic nitrogens is 1. The van der Waals surface area contributed by atoms with Crippen LogP contribution in [0.1, 0.15) is 23.6 Å². The van der Waals surface area contributed by atoms with Gasteiger partial charge in [0, 0.05) is 18.1 Å². The fourth-order valence-corrected chi connectivity index (χ4v) is 2.92. The van der Waals surface area contributed by atoms with Gasteiger partial charge in [-0.25, -0.2) is 4.39 Å². The maximum absolute atomic E-state index is 13.2. The molecule has 0 aliphatic rings. The number of amides is 1. The van der Waals surface area contributed by atoms with Crippen LogP contribution in [0, 0.1) is 12.7 Å². The second-order valence-corrected chi connectivity index (χ2v) is 6.13. The van der Waals surface area contributed by atoms with Crippen LogP contribution in [-0.2, 0) is 4.79 Å². The van der Waals surface area contributed by atoms with Crippen molar-refractivity contribution in [2.24, 2.45) is 0 Å². The van der Waals surface area contributed by atoms with Gasteiger partial charge in [0.2, 0.25) is 5.91 Å². The third-order valence-electron chi connectivity index (χ3n) is 4.33.